The maximum atomic E-state index is 14.1. The molecule has 0 heterocycles. The van der Waals surface area contributed by atoms with E-state index in [1.54, 1.807) is 37.3 Å². The molecule has 0 radical (unpaired) electrons. The fourth-order valence-electron chi connectivity index (χ4n) is 5.07. The van der Waals surface area contributed by atoms with Crippen LogP contribution in [0.3, 0.4) is 0 Å². The minimum atomic E-state index is -4.07. The van der Waals surface area contributed by atoms with E-state index in [-0.39, 0.29) is 23.4 Å². The van der Waals surface area contributed by atoms with Gasteiger partial charge in [0, 0.05) is 12.6 Å². The monoisotopic (exact) mass is 561 g/mol. The van der Waals surface area contributed by atoms with Crippen molar-refractivity contribution in [3.8, 4) is 0 Å². The van der Waals surface area contributed by atoms with Gasteiger partial charge >= 0.3 is 0 Å². The molecule has 40 heavy (non-hydrogen) atoms. The summed E-state index contributed by atoms with van der Waals surface area (Å²) < 4.78 is 29.0. The molecule has 1 fully saturated rings. The number of hydrogen-bond acceptors (Lipinski definition) is 4. The number of rotatable bonds is 10. The number of sulfonamides is 1. The molecule has 0 aromatic heterocycles. The average Bonchev–Trinajstić information content (AvgIpc) is 3.46. The Morgan fingerprint density at radius 3 is 2.17 bits per heavy atom. The Morgan fingerprint density at radius 1 is 0.875 bits per heavy atom. The zero-order chi connectivity index (χ0) is 28.9. The van der Waals surface area contributed by atoms with Crippen LogP contribution < -0.4 is 9.62 Å². The summed E-state index contributed by atoms with van der Waals surface area (Å²) in [6, 6.07) is 20.5. The van der Waals surface area contributed by atoms with Crippen molar-refractivity contribution < 1.29 is 18.0 Å². The number of anilines is 1. The van der Waals surface area contributed by atoms with E-state index < -0.39 is 28.5 Å². The molecule has 1 N–H and O–H groups in total. The van der Waals surface area contributed by atoms with E-state index in [1.807, 2.05) is 51.1 Å². The number of carbonyl (C=O) groups excluding carboxylic acids is 2. The number of benzene rings is 3. The summed E-state index contributed by atoms with van der Waals surface area (Å²) in [6.45, 7) is 7.29. The summed E-state index contributed by atoms with van der Waals surface area (Å²) in [6.07, 6.45) is 4.01. The molecule has 4 rings (SSSR count). The molecule has 3 aromatic rings. The Kier molecular flexibility index (Phi) is 9.30. The van der Waals surface area contributed by atoms with Crippen molar-refractivity contribution in [1.82, 2.24) is 10.2 Å². The third-order valence-electron chi connectivity index (χ3n) is 7.86. The average molecular weight is 562 g/mol. The van der Waals surface area contributed by atoms with Crippen molar-refractivity contribution in [2.24, 2.45) is 0 Å². The zero-order valence-electron chi connectivity index (χ0n) is 23.8. The number of amides is 2. The quantitative estimate of drug-likeness (QED) is 0.365. The molecule has 1 saturated carbocycles. The van der Waals surface area contributed by atoms with Crippen LogP contribution in [0.4, 0.5) is 5.69 Å². The molecule has 0 aliphatic heterocycles. The molecule has 8 heteroatoms. The first-order valence-electron chi connectivity index (χ1n) is 13.9. The lowest BCUT2D eigenvalue weighted by molar-refractivity contribution is -0.139. The second-order valence-electron chi connectivity index (χ2n) is 10.7. The smallest absolute Gasteiger partial charge is 0.264 e. The van der Waals surface area contributed by atoms with Gasteiger partial charge in [0.2, 0.25) is 11.8 Å². The number of carbonyl (C=O) groups is 2. The fraction of sp³-hybridized carbons (Fsp3) is 0.375. The van der Waals surface area contributed by atoms with E-state index in [2.05, 4.69) is 5.32 Å². The Labute approximate surface area is 238 Å². The van der Waals surface area contributed by atoms with Crippen LogP contribution in [0, 0.1) is 20.8 Å². The minimum absolute atomic E-state index is 0.0958. The molecular formula is C32H39N3O4S. The van der Waals surface area contributed by atoms with Crippen molar-refractivity contribution in [1.29, 1.82) is 0 Å². The maximum Gasteiger partial charge on any atom is 0.264 e. The fourth-order valence-corrected chi connectivity index (χ4v) is 6.50. The maximum absolute atomic E-state index is 14.1. The summed E-state index contributed by atoms with van der Waals surface area (Å²) in [5.74, 6) is -0.674. The Bertz CT molecular complexity index is 1450. The van der Waals surface area contributed by atoms with E-state index >= 15 is 0 Å². The molecule has 3 aromatic carbocycles. The minimum Gasteiger partial charge on any atom is -0.352 e. The SMILES string of the molecule is Cc1ccc(N(CC(=O)N(Cc2ccccc2C)[C@@H](C)C(=O)NC2CCCC2)S(=O)(=O)c2ccccc2)cc1C. The van der Waals surface area contributed by atoms with Crippen LogP contribution in [0.2, 0.25) is 0 Å². The van der Waals surface area contributed by atoms with Gasteiger partial charge in [0.15, 0.2) is 0 Å². The van der Waals surface area contributed by atoms with Gasteiger partial charge in [-0.05, 0) is 87.1 Å². The molecule has 0 unspecified atom stereocenters. The standard InChI is InChI=1S/C32H39N3O4S/c1-23-18-19-29(20-25(23)3)35(40(38,39)30-16-6-5-7-17-30)22-31(36)34(21-27-13-9-8-12-24(27)2)26(4)32(37)33-28-14-10-11-15-28/h5-9,12-13,16-20,26,28H,10-11,14-15,21-22H2,1-4H3,(H,33,37)/t26-/m0/s1. The van der Waals surface area contributed by atoms with Gasteiger partial charge in [-0.1, -0.05) is 61.4 Å². The first-order chi connectivity index (χ1) is 19.1. The predicted octanol–water partition coefficient (Wildman–Crippen LogP) is 5.28. The van der Waals surface area contributed by atoms with Gasteiger partial charge in [-0.2, -0.15) is 0 Å². The topological polar surface area (TPSA) is 86.8 Å². The van der Waals surface area contributed by atoms with E-state index in [9.17, 15) is 18.0 Å². The second-order valence-corrected chi connectivity index (χ2v) is 12.6. The van der Waals surface area contributed by atoms with Crippen LogP contribution in [0.25, 0.3) is 0 Å². The van der Waals surface area contributed by atoms with Crippen LogP contribution in [0.1, 0.15) is 54.9 Å². The third kappa shape index (κ3) is 6.73. The van der Waals surface area contributed by atoms with Gasteiger partial charge in [-0.25, -0.2) is 8.42 Å². The van der Waals surface area contributed by atoms with E-state index in [0.29, 0.717) is 5.69 Å². The molecule has 1 aliphatic carbocycles. The number of hydrogen-bond donors (Lipinski definition) is 1. The van der Waals surface area contributed by atoms with Gasteiger partial charge in [0.25, 0.3) is 10.0 Å². The zero-order valence-corrected chi connectivity index (χ0v) is 24.6. The van der Waals surface area contributed by atoms with Crippen LogP contribution in [0.5, 0.6) is 0 Å². The molecule has 0 bridgehead atoms. The van der Waals surface area contributed by atoms with Crippen LogP contribution in [-0.4, -0.2) is 43.8 Å². The highest BCUT2D eigenvalue weighted by Crippen LogP contribution is 2.27. The number of nitrogens with one attached hydrogen (secondary N) is 1. The summed E-state index contributed by atoms with van der Waals surface area (Å²) in [7, 11) is -4.07. The molecule has 212 valence electrons. The Balaban J connectivity index is 1.70. The van der Waals surface area contributed by atoms with Crippen LogP contribution in [0.15, 0.2) is 77.7 Å². The van der Waals surface area contributed by atoms with E-state index in [0.717, 1.165) is 52.2 Å². The molecular weight excluding hydrogens is 522 g/mol. The highest BCUT2D eigenvalue weighted by atomic mass is 32.2. The molecule has 7 nitrogen and oxygen atoms in total. The van der Waals surface area contributed by atoms with Crippen molar-refractivity contribution in [2.45, 2.75) is 76.9 Å². The largest absolute Gasteiger partial charge is 0.352 e. The predicted molar refractivity (Wildman–Crippen MR) is 158 cm³/mol. The first kappa shape index (κ1) is 29.3. The van der Waals surface area contributed by atoms with Crippen molar-refractivity contribution in [2.75, 3.05) is 10.8 Å². The van der Waals surface area contributed by atoms with Crippen molar-refractivity contribution in [3.05, 3.63) is 95.1 Å². The summed E-state index contributed by atoms with van der Waals surface area (Å²) in [4.78, 5) is 29.0. The molecule has 2 amide bonds. The lowest BCUT2D eigenvalue weighted by Crippen LogP contribution is -2.52. The highest BCUT2D eigenvalue weighted by Gasteiger charge is 2.33. The van der Waals surface area contributed by atoms with E-state index in [1.165, 1.54) is 17.0 Å². The van der Waals surface area contributed by atoms with Crippen LogP contribution in [-0.2, 0) is 26.2 Å². The number of aryl methyl sites for hydroxylation is 3. The van der Waals surface area contributed by atoms with Gasteiger partial charge in [-0.3, -0.25) is 13.9 Å². The van der Waals surface area contributed by atoms with Gasteiger partial charge in [-0.15, -0.1) is 0 Å². The highest BCUT2D eigenvalue weighted by molar-refractivity contribution is 7.92. The number of nitrogens with zero attached hydrogens (tertiary/aromatic N) is 2. The van der Waals surface area contributed by atoms with Gasteiger partial charge in [0.1, 0.15) is 12.6 Å². The van der Waals surface area contributed by atoms with Crippen LogP contribution >= 0.6 is 0 Å². The van der Waals surface area contributed by atoms with Gasteiger partial charge < -0.3 is 10.2 Å². The normalized spacial score (nSPS) is 14.5. The summed E-state index contributed by atoms with van der Waals surface area (Å²) in [5, 5.41) is 3.10. The molecule has 0 spiro atoms. The lowest BCUT2D eigenvalue weighted by Gasteiger charge is -2.33. The summed E-state index contributed by atoms with van der Waals surface area (Å²) >= 11 is 0. The Morgan fingerprint density at radius 2 is 1.52 bits per heavy atom. The van der Waals surface area contributed by atoms with E-state index in [4.69, 9.17) is 0 Å². The van der Waals surface area contributed by atoms with Crippen molar-refractivity contribution >= 4 is 27.5 Å². The first-order valence-corrected chi connectivity index (χ1v) is 15.3. The molecule has 0 saturated heterocycles. The Hall–Kier alpha value is -3.65. The van der Waals surface area contributed by atoms with Gasteiger partial charge in [0.05, 0.1) is 10.6 Å². The van der Waals surface area contributed by atoms with Crippen molar-refractivity contribution in [3.63, 3.8) is 0 Å². The lowest BCUT2D eigenvalue weighted by atomic mass is 10.1. The molecule has 1 aliphatic rings. The third-order valence-corrected chi connectivity index (χ3v) is 9.65. The molecule has 1 atom stereocenters. The second kappa shape index (κ2) is 12.7. The summed E-state index contributed by atoms with van der Waals surface area (Å²) in [5.41, 5.74) is 4.23.